The SMILES string of the molecule is COCCOCCNC(C)c1ccccc1Cl. The Morgan fingerprint density at radius 3 is 2.71 bits per heavy atom. The molecule has 0 aliphatic heterocycles. The Morgan fingerprint density at radius 1 is 1.24 bits per heavy atom. The molecule has 0 radical (unpaired) electrons. The summed E-state index contributed by atoms with van der Waals surface area (Å²) in [5.41, 5.74) is 1.12. The van der Waals surface area contributed by atoms with E-state index >= 15 is 0 Å². The second-order valence-electron chi connectivity index (χ2n) is 3.80. The Bertz CT molecular complexity index is 320. The van der Waals surface area contributed by atoms with Gasteiger partial charge >= 0.3 is 0 Å². The molecule has 0 bridgehead atoms. The summed E-state index contributed by atoms with van der Waals surface area (Å²) < 4.78 is 10.3. The predicted octanol–water partition coefficient (Wildman–Crippen LogP) is 2.65. The van der Waals surface area contributed by atoms with Crippen molar-refractivity contribution in [3.63, 3.8) is 0 Å². The lowest BCUT2D eigenvalue weighted by atomic mass is 10.1. The second kappa shape index (κ2) is 8.48. The minimum Gasteiger partial charge on any atom is -0.382 e. The van der Waals surface area contributed by atoms with Crippen molar-refractivity contribution < 1.29 is 9.47 Å². The molecule has 1 aromatic rings. The molecule has 1 N–H and O–H groups in total. The van der Waals surface area contributed by atoms with Crippen LogP contribution in [0.15, 0.2) is 24.3 Å². The number of halogens is 1. The predicted molar refractivity (Wildman–Crippen MR) is 70.6 cm³/mol. The first-order chi connectivity index (χ1) is 8.25. The lowest BCUT2D eigenvalue weighted by Gasteiger charge is -2.15. The fourth-order valence-corrected chi connectivity index (χ4v) is 1.83. The minimum absolute atomic E-state index is 0.231. The van der Waals surface area contributed by atoms with E-state index in [1.54, 1.807) is 7.11 Å². The number of hydrogen-bond donors (Lipinski definition) is 1. The average molecular weight is 258 g/mol. The van der Waals surface area contributed by atoms with E-state index in [9.17, 15) is 0 Å². The standard InChI is InChI=1S/C13H20ClNO2/c1-11(12-5-3-4-6-13(12)14)15-7-8-17-10-9-16-2/h3-6,11,15H,7-10H2,1-2H3. The zero-order chi connectivity index (χ0) is 12.5. The maximum absolute atomic E-state index is 6.11. The number of ether oxygens (including phenoxy) is 2. The summed E-state index contributed by atoms with van der Waals surface area (Å²) in [6.07, 6.45) is 0. The Hall–Kier alpha value is -0.610. The van der Waals surface area contributed by atoms with Gasteiger partial charge in [0, 0.05) is 24.7 Å². The van der Waals surface area contributed by atoms with Crippen molar-refractivity contribution in [1.29, 1.82) is 0 Å². The maximum Gasteiger partial charge on any atom is 0.0700 e. The van der Waals surface area contributed by atoms with Gasteiger partial charge in [0.15, 0.2) is 0 Å². The minimum atomic E-state index is 0.231. The molecule has 1 unspecified atom stereocenters. The van der Waals surface area contributed by atoms with Gasteiger partial charge in [-0.25, -0.2) is 0 Å². The van der Waals surface area contributed by atoms with E-state index in [-0.39, 0.29) is 6.04 Å². The number of hydrogen-bond acceptors (Lipinski definition) is 3. The average Bonchev–Trinajstić information content (AvgIpc) is 2.34. The van der Waals surface area contributed by atoms with Crippen LogP contribution in [0.2, 0.25) is 5.02 Å². The van der Waals surface area contributed by atoms with E-state index in [0.29, 0.717) is 19.8 Å². The van der Waals surface area contributed by atoms with Gasteiger partial charge in [0.05, 0.1) is 19.8 Å². The van der Waals surface area contributed by atoms with E-state index in [1.165, 1.54) is 0 Å². The molecule has 96 valence electrons. The highest BCUT2D eigenvalue weighted by molar-refractivity contribution is 6.31. The van der Waals surface area contributed by atoms with Crippen molar-refractivity contribution in [1.82, 2.24) is 5.32 Å². The summed E-state index contributed by atoms with van der Waals surface area (Å²) in [6.45, 7) is 4.85. The molecule has 3 nitrogen and oxygen atoms in total. The topological polar surface area (TPSA) is 30.5 Å². The summed E-state index contributed by atoms with van der Waals surface area (Å²) in [4.78, 5) is 0. The van der Waals surface area contributed by atoms with Gasteiger partial charge in [0.2, 0.25) is 0 Å². The molecule has 0 aliphatic carbocycles. The Balaban J connectivity index is 2.21. The van der Waals surface area contributed by atoms with Crippen molar-refractivity contribution in [2.45, 2.75) is 13.0 Å². The zero-order valence-corrected chi connectivity index (χ0v) is 11.2. The fourth-order valence-electron chi connectivity index (χ4n) is 1.53. The summed E-state index contributed by atoms with van der Waals surface area (Å²) in [7, 11) is 1.67. The highest BCUT2D eigenvalue weighted by Crippen LogP contribution is 2.21. The summed E-state index contributed by atoms with van der Waals surface area (Å²) in [6, 6.07) is 8.10. The molecule has 1 atom stereocenters. The largest absolute Gasteiger partial charge is 0.382 e. The van der Waals surface area contributed by atoms with E-state index < -0.39 is 0 Å². The smallest absolute Gasteiger partial charge is 0.0700 e. The molecule has 0 amide bonds. The third-order valence-electron chi connectivity index (χ3n) is 2.50. The van der Waals surface area contributed by atoms with E-state index in [0.717, 1.165) is 17.1 Å². The molecule has 0 aliphatic rings. The van der Waals surface area contributed by atoms with Crippen LogP contribution in [-0.2, 0) is 9.47 Å². The van der Waals surface area contributed by atoms with Crippen LogP contribution in [-0.4, -0.2) is 33.5 Å². The van der Waals surface area contributed by atoms with Gasteiger partial charge in [-0.1, -0.05) is 29.8 Å². The number of rotatable bonds is 8. The molecule has 1 aromatic carbocycles. The van der Waals surface area contributed by atoms with Crippen LogP contribution in [0, 0.1) is 0 Å². The van der Waals surface area contributed by atoms with Crippen molar-refractivity contribution in [2.24, 2.45) is 0 Å². The molecule has 17 heavy (non-hydrogen) atoms. The van der Waals surface area contributed by atoms with Crippen molar-refractivity contribution in [2.75, 3.05) is 33.5 Å². The van der Waals surface area contributed by atoms with Gasteiger partial charge in [-0.05, 0) is 18.6 Å². The number of nitrogens with one attached hydrogen (secondary N) is 1. The quantitative estimate of drug-likeness (QED) is 0.727. The lowest BCUT2D eigenvalue weighted by molar-refractivity contribution is 0.0712. The van der Waals surface area contributed by atoms with Gasteiger partial charge in [-0.15, -0.1) is 0 Å². The van der Waals surface area contributed by atoms with Crippen LogP contribution in [0.1, 0.15) is 18.5 Å². The molecule has 0 saturated heterocycles. The molecule has 0 fully saturated rings. The number of benzene rings is 1. The number of methoxy groups -OCH3 is 1. The van der Waals surface area contributed by atoms with E-state index in [2.05, 4.69) is 12.2 Å². The van der Waals surface area contributed by atoms with Gasteiger partial charge in [0.25, 0.3) is 0 Å². The highest BCUT2D eigenvalue weighted by Gasteiger charge is 2.07. The molecule has 1 rings (SSSR count). The van der Waals surface area contributed by atoms with Gasteiger partial charge in [0.1, 0.15) is 0 Å². The molecular weight excluding hydrogens is 238 g/mol. The van der Waals surface area contributed by atoms with Crippen molar-refractivity contribution in [3.8, 4) is 0 Å². The van der Waals surface area contributed by atoms with E-state index in [4.69, 9.17) is 21.1 Å². The Labute approximate surface area is 108 Å². The first-order valence-electron chi connectivity index (χ1n) is 5.80. The third-order valence-corrected chi connectivity index (χ3v) is 2.84. The third kappa shape index (κ3) is 5.50. The first-order valence-corrected chi connectivity index (χ1v) is 6.18. The summed E-state index contributed by atoms with van der Waals surface area (Å²) in [5, 5.41) is 4.17. The molecule has 4 heteroatoms. The van der Waals surface area contributed by atoms with E-state index in [1.807, 2.05) is 24.3 Å². The van der Waals surface area contributed by atoms with Crippen LogP contribution in [0.4, 0.5) is 0 Å². The lowest BCUT2D eigenvalue weighted by Crippen LogP contribution is -2.24. The monoisotopic (exact) mass is 257 g/mol. The van der Waals surface area contributed by atoms with Gasteiger partial charge < -0.3 is 14.8 Å². The molecule has 0 heterocycles. The van der Waals surface area contributed by atoms with Crippen LogP contribution in [0.3, 0.4) is 0 Å². The molecule has 0 aromatic heterocycles. The van der Waals surface area contributed by atoms with Crippen LogP contribution in [0.5, 0.6) is 0 Å². The fraction of sp³-hybridized carbons (Fsp3) is 0.538. The van der Waals surface area contributed by atoms with Gasteiger partial charge in [-0.3, -0.25) is 0 Å². The molecule has 0 saturated carbocycles. The Morgan fingerprint density at radius 2 is 2.00 bits per heavy atom. The normalized spacial score (nSPS) is 12.6. The van der Waals surface area contributed by atoms with Crippen molar-refractivity contribution >= 4 is 11.6 Å². The molecular formula is C13H20ClNO2. The second-order valence-corrected chi connectivity index (χ2v) is 4.21. The van der Waals surface area contributed by atoms with Crippen molar-refractivity contribution in [3.05, 3.63) is 34.9 Å². The zero-order valence-electron chi connectivity index (χ0n) is 10.4. The summed E-state index contributed by atoms with van der Waals surface area (Å²) in [5.74, 6) is 0. The maximum atomic E-state index is 6.11. The van der Waals surface area contributed by atoms with Crippen LogP contribution >= 0.6 is 11.6 Å². The molecule has 0 spiro atoms. The first kappa shape index (κ1) is 14.5. The Kier molecular flexibility index (Phi) is 7.21. The van der Waals surface area contributed by atoms with Gasteiger partial charge in [-0.2, -0.15) is 0 Å². The highest BCUT2D eigenvalue weighted by atomic mass is 35.5. The van der Waals surface area contributed by atoms with Crippen LogP contribution < -0.4 is 5.32 Å². The summed E-state index contributed by atoms with van der Waals surface area (Å²) >= 11 is 6.11. The van der Waals surface area contributed by atoms with Crippen LogP contribution in [0.25, 0.3) is 0 Å².